The van der Waals surface area contributed by atoms with Crippen molar-refractivity contribution in [3.63, 3.8) is 0 Å². The summed E-state index contributed by atoms with van der Waals surface area (Å²) in [5, 5.41) is 0. The molecule has 0 spiro atoms. The van der Waals surface area contributed by atoms with E-state index in [2.05, 4.69) is 0 Å². The largest absolute Gasteiger partial charge is 0.396 e. The van der Waals surface area contributed by atoms with E-state index < -0.39 is 15.8 Å². The van der Waals surface area contributed by atoms with Crippen LogP contribution in [0.4, 0.5) is 10.1 Å². The topological polar surface area (TPSA) is 63.4 Å². The lowest BCUT2D eigenvalue weighted by Gasteiger charge is -2.31. The number of anilines is 1. The van der Waals surface area contributed by atoms with Gasteiger partial charge in [0.25, 0.3) is 0 Å². The standard InChI is InChI=1S/C14H21FN2O2S/c1-3-17(9-11-5-4-6-11)20(18,19)12-7-10(2)14(15)13(16)8-12/h7-8,11H,3-6,9,16H2,1-2H3. The predicted octanol–water partition coefficient (Wildman–Crippen LogP) is 2.53. The second-order valence-corrected chi connectivity index (χ2v) is 7.33. The van der Waals surface area contributed by atoms with Crippen molar-refractivity contribution in [3.8, 4) is 0 Å². The zero-order chi connectivity index (χ0) is 14.9. The molecule has 0 bridgehead atoms. The second kappa shape index (κ2) is 5.69. The van der Waals surface area contributed by atoms with E-state index in [1.54, 1.807) is 0 Å². The van der Waals surface area contributed by atoms with Gasteiger partial charge >= 0.3 is 0 Å². The summed E-state index contributed by atoms with van der Waals surface area (Å²) in [5.41, 5.74) is 5.67. The maximum atomic E-state index is 13.5. The Labute approximate surface area is 119 Å². The number of sulfonamides is 1. The molecule has 0 saturated heterocycles. The summed E-state index contributed by atoms with van der Waals surface area (Å²) in [7, 11) is -3.60. The van der Waals surface area contributed by atoms with Crippen molar-refractivity contribution in [2.45, 2.75) is 38.0 Å². The molecule has 4 nitrogen and oxygen atoms in total. The van der Waals surface area contributed by atoms with Crippen LogP contribution in [0.15, 0.2) is 17.0 Å². The monoisotopic (exact) mass is 300 g/mol. The fraction of sp³-hybridized carbons (Fsp3) is 0.571. The molecule has 1 aromatic rings. The summed E-state index contributed by atoms with van der Waals surface area (Å²) >= 11 is 0. The number of hydrogen-bond donors (Lipinski definition) is 1. The number of nitrogen functional groups attached to an aromatic ring is 1. The van der Waals surface area contributed by atoms with Crippen LogP contribution in [-0.4, -0.2) is 25.8 Å². The fourth-order valence-electron chi connectivity index (χ4n) is 2.42. The number of aryl methyl sites for hydroxylation is 1. The summed E-state index contributed by atoms with van der Waals surface area (Å²) in [4.78, 5) is 0.0788. The molecule has 1 aliphatic carbocycles. The van der Waals surface area contributed by atoms with Gasteiger partial charge in [-0.05, 0) is 43.4 Å². The van der Waals surface area contributed by atoms with Gasteiger partial charge in [-0.1, -0.05) is 13.3 Å². The lowest BCUT2D eigenvalue weighted by molar-refractivity contribution is 0.250. The molecule has 0 aliphatic heterocycles. The summed E-state index contributed by atoms with van der Waals surface area (Å²) < 4.78 is 40.2. The number of nitrogens with two attached hydrogens (primary N) is 1. The Kier molecular flexibility index (Phi) is 4.34. The van der Waals surface area contributed by atoms with Crippen LogP contribution >= 0.6 is 0 Å². The Balaban J connectivity index is 2.32. The molecular formula is C14H21FN2O2S. The van der Waals surface area contributed by atoms with Gasteiger partial charge in [0.05, 0.1) is 10.6 Å². The van der Waals surface area contributed by atoms with Crippen molar-refractivity contribution in [2.24, 2.45) is 5.92 Å². The number of benzene rings is 1. The molecule has 6 heteroatoms. The highest BCUT2D eigenvalue weighted by Gasteiger charge is 2.29. The molecule has 112 valence electrons. The van der Waals surface area contributed by atoms with Crippen LogP contribution in [0.5, 0.6) is 0 Å². The van der Waals surface area contributed by atoms with Crippen molar-refractivity contribution in [1.82, 2.24) is 4.31 Å². The summed E-state index contributed by atoms with van der Waals surface area (Å²) in [6.45, 7) is 4.28. The zero-order valence-corrected chi connectivity index (χ0v) is 12.7. The molecule has 0 aromatic heterocycles. The summed E-state index contributed by atoms with van der Waals surface area (Å²) in [5.74, 6) is -0.102. The smallest absolute Gasteiger partial charge is 0.243 e. The van der Waals surface area contributed by atoms with Crippen LogP contribution in [0.2, 0.25) is 0 Å². The van der Waals surface area contributed by atoms with Gasteiger partial charge in [-0.25, -0.2) is 12.8 Å². The number of hydrogen-bond acceptors (Lipinski definition) is 3. The van der Waals surface area contributed by atoms with Crippen LogP contribution in [0.3, 0.4) is 0 Å². The van der Waals surface area contributed by atoms with Gasteiger partial charge in [-0.3, -0.25) is 0 Å². The minimum Gasteiger partial charge on any atom is -0.396 e. The first-order valence-corrected chi connectivity index (χ1v) is 8.36. The van der Waals surface area contributed by atoms with Gasteiger partial charge < -0.3 is 5.73 Å². The molecule has 0 heterocycles. The molecule has 0 radical (unpaired) electrons. The highest BCUT2D eigenvalue weighted by Crippen LogP contribution is 2.30. The third-order valence-electron chi connectivity index (χ3n) is 3.93. The second-order valence-electron chi connectivity index (χ2n) is 5.40. The van der Waals surface area contributed by atoms with E-state index in [9.17, 15) is 12.8 Å². The van der Waals surface area contributed by atoms with E-state index in [1.165, 1.54) is 29.8 Å². The molecule has 0 unspecified atom stereocenters. The van der Waals surface area contributed by atoms with Crippen LogP contribution in [0.1, 0.15) is 31.7 Å². The fourth-order valence-corrected chi connectivity index (χ4v) is 4.07. The van der Waals surface area contributed by atoms with Gasteiger partial charge in [0, 0.05) is 13.1 Å². The van der Waals surface area contributed by atoms with E-state index in [0.717, 1.165) is 12.8 Å². The van der Waals surface area contributed by atoms with Crippen molar-refractivity contribution in [3.05, 3.63) is 23.5 Å². The van der Waals surface area contributed by atoms with Gasteiger partial charge in [-0.15, -0.1) is 0 Å². The summed E-state index contributed by atoms with van der Waals surface area (Å²) in [6, 6.07) is 2.56. The minimum absolute atomic E-state index is 0.0788. The van der Waals surface area contributed by atoms with Crippen molar-refractivity contribution < 1.29 is 12.8 Å². The van der Waals surface area contributed by atoms with Crippen molar-refractivity contribution in [1.29, 1.82) is 0 Å². The maximum Gasteiger partial charge on any atom is 0.243 e. The van der Waals surface area contributed by atoms with Gasteiger partial charge in [0.1, 0.15) is 5.82 Å². The molecule has 1 fully saturated rings. The average Bonchev–Trinajstić information content (AvgIpc) is 2.33. The highest BCUT2D eigenvalue weighted by molar-refractivity contribution is 7.89. The Bertz CT molecular complexity index is 574. The summed E-state index contributed by atoms with van der Waals surface area (Å²) in [6.07, 6.45) is 3.33. The number of halogens is 1. The first-order valence-electron chi connectivity index (χ1n) is 6.92. The third kappa shape index (κ3) is 2.81. The minimum atomic E-state index is -3.60. The molecular weight excluding hydrogens is 279 g/mol. The first-order chi connectivity index (χ1) is 9.36. The SMILES string of the molecule is CCN(CC1CCC1)S(=O)(=O)c1cc(C)c(F)c(N)c1. The molecule has 1 aromatic carbocycles. The van der Waals surface area contributed by atoms with Gasteiger partial charge in [0.15, 0.2) is 0 Å². The Morgan fingerprint density at radius 1 is 1.40 bits per heavy atom. The van der Waals surface area contributed by atoms with E-state index in [0.29, 0.717) is 19.0 Å². The predicted molar refractivity (Wildman–Crippen MR) is 77.3 cm³/mol. The number of rotatable bonds is 5. The van der Waals surface area contributed by atoms with Crippen molar-refractivity contribution >= 4 is 15.7 Å². The lowest BCUT2D eigenvalue weighted by Crippen LogP contribution is -2.37. The van der Waals surface area contributed by atoms with E-state index >= 15 is 0 Å². The van der Waals surface area contributed by atoms with Gasteiger partial charge in [0.2, 0.25) is 10.0 Å². The van der Waals surface area contributed by atoms with E-state index in [-0.39, 0.29) is 16.1 Å². The van der Waals surface area contributed by atoms with E-state index in [4.69, 9.17) is 5.73 Å². The molecule has 1 aliphatic rings. The third-order valence-corrected chi connectivity index (χ3v) is 5.85. The highest BCUT2D eigenvalue weighted by atomic mass is 32.2. The quantitative estimate of drug-likeness (QED) is 0.850. The average molecular weight is 300 g/mol. The van der Waals surface area contributed by atoms with E-state index in [1.807, 2.05) is 6.92 Å². The normalized spacial score (nSPS) is 16.4. The Morgan fingerprint density at radius 2 is 2.05 bits per heavy atom. The van der Waals surface area contributed by atoms with Crippen LogP contribution in [-0.2, 0) is 10.0 Å². The van der Waals surface area contributed by atoms with Crippen LogP contribution < -0.4 is 5.73 Å². The van der Waals surface area contributed by atoms with Crippen LogP contribution in [0, 0.1) is 18.7 Å². The first kappa shape index (κ1) is 15.3. The molecule has 1 saturated carbocycles. The number of nitrogens with zero attached hydrogens (tertiary/aromatic N) is 1. The Morgan fingerprint density at radius 3 is 2.50 bits per heavy atom. The Hall–Kier alpha value is -1.14. The maximum absolute atomic E-state index is 13.5. The molecule has 20 heavy (non-hydrogen) atoms. The van der Waals surface area contributed by atoms with Gasteiger partial charge in [-0.2, -0.15) is 4.31 Å². The molecule has 0 atom stereocenters. The molecule has 2 rings (SSSR count). The molecule has 2 N–H and O–H groups in total. The van der Waals surface area contributed by atoms with Crippen molar-refractivity contribution in [2.75, 3.05) is 18.8 Å². The van der Waals surface area contributed by atoms with Crippen LogP contribution in [0.25, 0.3) is 0 Å². The lowest BCUT2D eigenvalue weighted by atomic mass is 9.85. The zero-order valence-electron chi connectivity index (χ0n) is 11.9. The molecule has 0 amide bonds.